The van der Waals surface area contributed by atoms with E-state index in [9.17, 15) is 22.8 Å². The second kappa shape index (κ2) is 15.7. The maximum absolute atomic E-state index is 15.4. The highest BCUT2D eigenvalue weighted by molar-refractivity contribution is 7.87. The highest BCUT2D eigenvalue weighted by Crippen LogP contribution is 2.88. The van der Waals surface area contributed by atoms with Crippen LogP contribution in [0.1, 0.15) is 158 Å². The molecule has 2 spiro atoms. The Labute approximate surface area is 361 Å². The van der Waals surface area contributed by atoms with Crippen molar-refractivity contribution in [3.8, 4) is 0 Å². The quantitative estimate of drug-likeness (QED) is 0.204. The maximum atomic E-state index is 15.4. The lowest BCUT2D eigenvalue weighted by Crippen LogP contribution is -2.54. The van der Waals surface area contributed by atoms with Crippen molar-refractivity contribution in [1.82, 2.24) is 24.1 Å². The molecule has 2 N–H and O–H groups in total. The Morgan fingerprint density at radius 1 is 0.948 bits per heavy atom. The summed E-state index contributed by atoms with van der Waals surface area (Å²) in [6.07, 6.45) is 1.22. The molecule has 13 heteroatoms. The summed E-state index contributed by atoms with van der Waals surface area (Å²) >= 11 is 0. The highest BCUT2D eigenvalue weighted by Gasteiger charge is 2.85. The van der Waals surface area contributed by atoms with E-state index in [1.54, 1.807) is 9.62 Å². The van der Waals surface area contributed by atoms with Crippen molar-refractivity contribution in [2.45, 2.75) is 162 Å². The second-order valence-corrected chi connectivity index (χ2v) is 21.4. The fourth-order valence-corrected chi connectivity index (χ4v) is 12.9. The van der Waals surface area contributed by atoms with Crippen molar-refractivity contribution in [1.29, 1.82) is 0 Å². The van der Waals surface area contributed by atoms with Gasteiger partial charge in [0.1, 0.15) is 0 Å². The van der Waals surface area contributed by atoms with Gasteiger partial charge in [-0.1, -0.05) is 73.3 Å². The summed E-state index contributed by atoms with van der Waals surface area (Å²) in [5, 5.41) is 3.04. The Kier molecular flexibility index (Phi) is 8.68. The molecule has 4 saturated carbocycles. The van der Waals surface area contributed by atoms with Crippen LogP contribution < -0.4 is 10.0 Å². The van der Waals surface area contributed by atoms with Crippen LogP contribution in [0.5, 0.6) is 0 Å². The zero-order valence-corrected chi connectivity index (χ0v) is 36.0. The number of amides is 3. The number of allylic oxidation sites excluding steroid dienone is 1. The molecule has 7 rings (SSSR count). The van der Waals surface area contributed by atoms with E-state index in [4.69, 9.17) is 13.7 Å². The fraction of sp³-hybridized carbons (Fsp3) is 0.844. The molecule has 3 amide bonds. The van der Waals surface area contributed by atoms with Crippen LogP contribution in [0.2, 0.25) is 0 Å². The molecule has 3 saturated heterocycles. The van der Waals surface area contributed by atoms with Crippen molar-refractivity contribution in [2.75, 3.05) is 32.6 Å². The van der Waals surface area contributed by atoms with E-state index in [0.717, 1.165) is 38.5 Å². The van der Waals surface area contributed by atoms with E-state index in [-0.39, 0.29) is 48.3 Å². The van der Waals surface area contributed by atoms with Crippen LogP contribution in [0.3, 0.4) is 0 Å². The van der Waals surface area contributed by atoms with E-state index in [0.29, 0.717) is 32.2 Å². The lowest BCUT2D eigenvalue weighted by Gasteiger charge is -2.37. The van der Waals surface area contributed by atoms with Gasteiger partial charge in [0.05, 0.1) is 23.5 Å². The Bertz CT molecular complexity index is 2200. The predicted octanol–water partition coefficient (Wildman–Crippen LogP) is 5.56. The van der Waals surface area contributed by atoms with E-state index < -0.39 is 123 Å². The monoisotopic (exact) mass is 836 g/mol. The molecule has 324 valence electrons. The number of Topliss-reactive ketones (excluding diaryl/α,β-unsaturated/α-hetero) is 2. The summed E-state index contributed by atoms with van der Waals surface area (Å²) in [5.74, 6) is -4.97. The van der Waals surface area contributed by atoms with Crippen molar-refractivity contribution in [3.63, 3.8) is 0 Å². The third kappa shape index (κ3) is 7.22. The van der Waals surface area contributed by atoms with E-state index >= 15 is 9.59 Å². The van der Waals surface area contributed by atoms with E-state index in [2.05, 4.69) is 25.7 Å². The first-order valence-electron chi connectivity index (χ1n) is 26.4. The van der Waals surface area contributed by atoms with Gasteiger partial charge in [-0.05, 0) is 105 Å². The average molecular weight is 836 g/mol. The van der Waals surface area contributed by atoms with Crippen LogP contribution in [0.4, 0.5) is 0 Å². The molecule has 3 heterocycles. The van der Waals surface area contributed by atoms with Crippen LogP contribution in [-0.4, -0.2) is 103 Å². The van der Waals surface area contributed by atoms with Crippen LogP contribution in [-0.2, 0) is 34.2 Å². The molecule has 12 nitrogen and oxygen atoms in total. The zero-order chi connectivity index (χ0) is 51.0. The summed E-state index contributed by atoms with van der Waals surface area (Å²) in [4.78, 5) is 76.6. The minimum absolute atomic E-state index is 0.0822. The number of carbonyl (C=O) groups excluding carboxylic acids is 5. The molecule has 0 bridgehead atoms. The Morgan fingerprint density at radius 3 is 2.17 bits per heavy atom. The second-order valence-electron chi connectivity index (χ2n) is 19.9. The highest BCUT2D eigenvalue weighted by atomic mass is 32.2. The SMILES string of the molecule is [2H]C([2H])(C)N1CCC[C@H]1C(=O)N[C@H](C(=O)C[C@H](C(=O)N1C[C@]2(C[C@H]1C(=O)C[C@]1(C(=O)NS(=O)(=O)N3C([2H])([2H])C([2H])([2H])C([2H])([2H])C3([2H])[2H])C[C@H]1C=C)C(C)(C)C21CCC1)C(C)(C)C)C1CCCCC1. The predicted molar refractivity (Wildman–Crippen MR) is 222 cm³/mol. The number of nitrogens with one attached hydrogen (secondary N) is 2. The number of likely N-dealkylation sites (N-methyl/N-ethyl adjacent to an activating group) is 1. The van der Waals surface area contributed by atoms with Gasteiger partial charge in [0, 0.05) is 57.4 Å². The first kappa shape index (κ1) is 32.1. The number of rotatable bonds is 15. The molecule has 7 aliphatic rings. The Hall–Kier alpha value is -2.64. The summed E-state index contributed by atoms with van der Waals surface area (Å²) < 4.78 is 111. The third-order valence-electron chi connectivity index (χ3n) is 16.0. The third-order valence-corrected chi connectivity index (χ3v) is 17.1. The normalized spacial score (nSPS) is 39.3. The summed E-state index contributed by atoms with van der Waals surface area (Å²) in [6.45, 7) is 6.20. The standard InChI is InChI=1S/C45H71N5O7S/c1-8-31-26-43(31,40(55)47-58(56,57)49-23-13-14-24-49)28-36(52)34-27-45(42(6,7)44(45)20-16-21-44)29-50(34)39(54)32(41(3,4)5)25-35(51)37(30-17-11-10-12-18-30)46-38(53)33-19-15-22-48(33)9-2/h8,30-34,37H,1,9-29H2,2-7H3,(H,46,53)(H,47,55)/t31-,32-,33+,34+,37+,43-,45-/m1/s1/i9D2,13D2,14D2,23D2,24D2. The number of hydrogen-bond acceptors (Lipinski definition) is 8. The van der Waals surface area contributed by atoms with Crippen molar-refractivity contribution >= 4 is 39.5 Å². The molecule has 0 aromatic carbocycles. The van der Waals surface area contributed by atoms with Crippen molar-refractivity contribution in [2.24, 2.45) is 44.8 Å². The minimum atomic E-state index is -5.67. The number of nitrogens with zero attached hydrogens (tertiary/aromatic N) is 3. The van der Waals surface area contributed by atoms with Crippen molar-refractivity contribution in [3.05, 3.63) is 12.7 Å². The molecule has 7 atom stereocenters. The van der Waals surface area contributed by atoms with Gasteiger partial charge in [-0.25, -0.2) is 4.72 Å². The molecule has 3 aliphatic heterocycles. The van der Waals surface area contributed by atoms with Gasteiger partial charge >= 0.3 is 10.2 Å². The number of likely N-dealkylation sites (tertiary alicyclic amines) is 2. The Balaban J connectivity index is 1.17. The molecule has 0 unspecified atom stereocenters. The molecule has 0 radical (unpaired) electrons. The van der Waals surface area contributed by atoms with Crippen LogP contribution >= 0.6 is 0 Å². The maximum Gasteiger partial charge on any atom is 0.303 e. The van der Waals surface area contributed by atoms with Crippen LogP contribution in [0.25, 0.3) is 0 Å². The van der Waals surface area contributed by atoms with Gasteiger partial charge in [0.2, 0.25) is 17.7 Å². The average Bonchev–Trinajstić information content (AvgIpc) is 3.67. The van der Waals surface area contributed by atoms with Crippen LogP contribution in [0.15, 0.2) is 12.7 Å². The molecular formula is C45H71N5O7S. The number of carbonyl (C=O) groups is 5. The first-order valence-corrected chi connectivity index (χ1v) is 22.8. The molecule has 4 aliphatic carbocycles. The Morgan fingerprint density at radius 2 is 1.62 bits per heavy atom. The van der Waals surface area contributed by atoms with Crippen LogP contribution in [0, 0.1) is 44.8 Å². The largest absolute Gasteiger partial charge is 0.345 e. The smallest absolute Gasteiger partial charge is 0.303 e. The first-order chi connectivity index (χ1) is 31.0. The molecular weight excluding hydrogens is 755 g/mol. The lowest BCUT2D eigenvalue weighted by molar-refractivity contribution is -0.147. The number of fused-ring (bicyclic) bond motifs is 1. The van der Waals surface area contributed by atoms with Gasteiger partial charge in [-0.2, -0.15) is 12.7 Å². The van der Waals surface area contributed by atoms with Gasteiger partial charge in [0.25, 0.3) is 0 Å². The minimum Gasteiger partial charge on any atom is -0.345 e. The summed E-state index contributed by atoms with van der Waals surface area (Å²) in [7, 11) is -5.67. The van der Waals surface area contributed by atoms with Gasteiger partial charge in [-0.3, -0.25) is 28.9 Å². The van der Waals surface area contributed by atoms with E-state index in [1.807, 2.05) is 20.8 Å². The van der Waals surface area contributed by atoms with E-state index in [1.165, 1.54) is 17.9 Å². The molecule has 0 aromatic rings. The number of ketones is 2. The summed E-state index contributed by atoms with van der Waals surface area (Å²) in [6, 6.07) is -2.77. The number of hydrogen-bond donors (Lipinski definition) is 2. The zero-order valence-electron chi connectivity index (χ0n) is 45.2. The summed E-state index contributed by atoms with van der Waals surface area (Å²) in [5.41, 5.74) is -3.55. The fourth-order valence-electron chi connectivity index (χ4n) is 12.1. The lowest BCUT2D eigenvalue weighted by atomic mass is 9.73. The van der Waals surface area contributed by atoms with Gasteiger partial charge in [-0.15, -0.1) is 6.58 Å². The molecule has 0 aromatic heterocycles. The molecule has 7 fully saturated rings. The topological polar surface area (TPSA) is 153 Å². The van der Waals surface area contributed by atoms with Gasteiger partial charge < -0.3 is 10.2 Å². The van der Waals surface area contributed by atoms with Crippen molar-refractivity contribution < 1.29 is 46.1 Å². The van der Waals surface area contributed by atoms with Gasteiger partial charge in [0.15, 0.2) is 11.6 Å². The molecule has 58 heavy (non-hydrogen) atoms.